The topological polar surface area (TPSA) is 29.1 Å². The van der Waals surface area contributed by atoms with Crippen LogP contribution in [0.15, 0.2) is 0 Å². The predicted octanol–water partition coefficient (Wildman–Crippen LogP) is 2.44. The quantitative estimate of drug-likeness (QED) is 0.739. The monoisotopic (exact) mass is 197 g/mol. The lowest BCUT2D eigenvalue weighted by molar-refractivity contribution is -0.123. The molecule has 0 aromatic heterocycles. The maximum Gasteiger partial charge on any atom is 0.224 e. The van der Waals surface area contributed by atoms with Crippen LogP contribution >= 0.6 is 0 Å². The second-order valence-corrected chi connectivity index (χ2v) is 6.02. The molecule has 2 nitrogen and oxygen atoms in total. The number of hydrogen-bond acceptors (Lipinski definition) is 1. The van der Waals surface area contributed by atoms with Crippen molar-refractivity contribution in [2.24, 2.45) is 22.7 Å². The van der Waals surface area contributed by atoms with Crippen LogP contribution in [0.4, 0.5) is 0 Å². The molecule has 0 heterocycles. The van der Waals surface area contributed by atoms with Crippen LogP contribution in [0.3, 0.4) is 0 Å². The van der Waals surface area contributed by atoms with E-state index < -0.39 is 0 Å². The third-order valence-corrected chi connectivity index (χ3v) is 3.97. The molecular weight excluding hydrogens is 174 g/mol. The fourth-order valence-electron chi connectivity index (χ4n) is 2.26. The van der Waals surface area contributed by atoms with E-state index in [-0.39, 0.29) is 22.7 Å². The van der Waals surface area contributed by atoms with Gasteiger partial charge in [0, 0.05) is 12.5 Å². The Kier molecular flexibility index (Phi) is 2.68. The van der Waals surface area contributed by atoms with Crippen molar-refractivity contribution in [1.29, 1.82) is 0 Å². The molecular formula is C12H23NO. The van der Waals surface area contributed by atoms with E-state index in [1.807, 2.05) is 0 Å². The van der Waals surface area contributed by atoms with Crippen molar-refractivity contribution < 1.29 is 4.79 Å². The molecule has 0 aliphatic heterocycles. The summed E-state index contributed by atoms with van der Waals surface area (Å²) in [7, 11) is 0. The zero-order valence-corrected chi connectivity index (χ0v) is 10.3. The van der Waals surface area contributed by atoms with Gasteiger partial charge < -0.3 is 5.32 Å². The maximum atomic E-state index is 11.8. The lowest BCUT2D eigenvalue weighted by atomic mass is 10.0. The first-order valence-electron chi connectivity index (χ1n) is 5.49. The van der Waals surface area contributed by atoms with Gasteiger partial charge in [-0.3, -0.25) is 4.79 Å². The summed E-state index contributed by atoms with van der Waals surface area (Å²) in [5.41, 5.74) is 0.322. The first-order valence-corrected chi connectivity index (χ1v) is 5.49. The normalized spacial score (nSPS) is 23.6. The molecule has 0 unspecified atom stereocenters. The van der Waals surface area contributed by atoms with E-state index in [1.54, 1.807) is 0 Å². The Hall–Kier alpha value is -0.530. The van der Waals surface area contributed by atoms with Crippen LogP contribution in [-0.4, -0.2) is 12.5 Å². The highest BCUT2D eigenvalue weighted by atomic mass is 16.2. The molecule has 1 saturated carbocycles. The molecule has 0 spiro atoms. The first-order chi connectivity index (χ1) is 6.21. The van der Waals surface area contributed by atoms with Crippen LogP contribution in [0.2, 0.25) is 0 Å². The van der Waals surface area contributed by atoms with Crippen molar-refractivity contribution in [1.82, 2.24) is 5.32 Å². The van der Waals surface area contributed by atoms with Crippen LogP contribution in [0, 0.1) is 22.7 Å². The minimum atomic E-state index is 0.161. The van der Waals surface area contributed by atoms with Crippen molar-refractivity contribution in [2.45, 2.75) is 41.5 Å². The molecule has 0 radical (unpaired) electrons. The highest BCUT2D eigenvalue weighted by molar-refractivity contribution is 5.84. The third-order valence-electron chi connectivity index (χ3n) is 3.97. The zero-order chi connectivity index (χ0) is 11.1. The Balaban J connectivity index is 2.50. The van der Waals surface area contributed by atoms with Gasteiger partial charge in [-0.2, -0.15) is 0 Å². The van der Waals surface area contributed by atoms with Crippen molar-refractivity contribution in [2.75, 3.05) is 6.54 Å². The van der Waals surface area contributed by atoms with E-state index in [9.17, 15) is 4.79 Å². The lowest BCUT2D eigenvalue weighted by Crippen LogP contribution is -2.30. The highest BCUT2D eigenvalue weighted by Gasteiger charge is 2.68. The number of carbonyl (C=O) groups excluding carboxylic acids is 1. The van der Waals surface area contributed by atoms with E-state index >= 15 is 0 Å². The molecule has 14 heavy (non-hydrogen) atoms. The van der Waals surface area contributed by atoms with Crippen LogP contribution < -0.4 is 5.32 Å². The van der Waals surface area contributed by atoms with Gasteiger partial charge in [0.1, 0.15) is 0 Å². The molecule has 0 bridgehead atoms. The number of carbonyl (C=O) groups is 1. The van der Waals surface area contributed by atoms with Crippen molar-refractivity contribution in [3.8, 4) is 0 Å². The largest absolute Gasteiger partial charge is 0.356 e. The first kappa shape index (κ1) is 11.5. The average Bonchev–Trinajstić information content (AvgIpc) is 2.39. The third kappa shape index (κ3) is 1.67. The zero-order valence-electron chi connectivity index (χ0n) is 10.3. The summed E-state index contributed by atoms with van der Waals surface area (Å²) in [6, 6.07) is 0. The molecule has 0 aromatic carbocycles. The van der Waals surface area contributed by atoms with Gasteiger partial charge in [0.15, 0.2) is 0 Å². The van der Waals surface area contributed by atoms with Gasteiger partial charge in [0.25, 0.3) is 0 Å². The molecule has 1 amide bonds. The molecule has 1 aliphatic carbocycles. The van der Waals surface area contributed by atoms with Gasteiger partial charge >= 0.3 is 0 Å². The predicted molar refractivity (Wildman–Crippen MR) is 58.9 cm³/mol. The van der Waals surface area contributed by atoms with Crippen molar-refractivity contribution in [3.05, 3.63) is 0 Å². The van der Waals surface area contributed by atoms with Gasteiger partial charge in [-0.15, -0.1) is 0 Å². The van der Waals surface area contributed by atoms with E-state index in [0.29, 0.717) is 5.92 Å². The second kappa shape index (κ2) is 3.25. The molecule has 0 atom stereocenters. The summed E-state index contributed by atoms with van der Waals surface area (Å²) in [6.07, 6.45) is 0. The van der Waals surface area contributed by atoms with Crippen LogP contribution in [0.5, 0.6) is 0 Å². The maximum absolute atomic E-state index is 11.8. The van der Waals surface area contributed by atoms with Crippen molar-refractivity contribution in [3.63, 3.8) is 0 Å². The number of rotatable bonds is 3. The molecule has 1 fully saturated rings. The molecule has 1 aliphatic rings. The van der Waals surface area contributed by atoms with E-state index in [2.05, 4.69) is 46.9 Å². The fraction of sp³-hybridized carbons (Fsp3) is 0.917. The molecule has 0 saturated heterocycles. The van der Waals surface area contributed by atoms with Crippen LogP contribution in [0.25, 0.3) is 0 Å². The van der Waals surface area contributed by atoms with Gasteiger partial charge in [-0.1, -0.05) is 41.5 Å². The molecule has 2 heteroatoms. The number of hydrogen-bond donors (Lipinski definition) is 1. The summed E-state index contributed by atoms with van der Waals surface area (Å²) < 4.78 is 0. The van der Waals surface area contributed by atoms with Crippen molar-refractivity contribution >= 4 is 5.91 Å². The second-order valence-electron chi connectivity index (χ2n) is 6.02. The van der Waals surface area contributed by atoms with E-state index in [1.165, 1.54) is 0 Å². The Labute approximate surface area is 87.5 Å². The van der Waals surface area contributed by atoms with E-state index in [4.69, 9.17) is 0 Å². The summed E-state index contributed by atoms with van der Waals surface area (Å²) >= 11 is 0. The van der Waals surface area contributed by atoms with Gasteiger partial charge in [0.05, 0.1) is 0 Å². The SMILES string of the molecule is CC(C)CNC(=O)C1C(C)(C)C1(C)C. The number of nitrogens with one attached hydrogen (secondary N) is 1. The minimum Gasteiger partial charge on any atom is -0.356 e. The number of amides is 1. The average molecular weight is 197 g/mol. The molecule has 82 valence electrons. The molecule has 1 N–H and O–H groups in total. The molecule has 0 aromatic rings. The summed E-state index contributed by atoms with van der Waals surface area (Å²) in [4.78, 5) is 11.8. The highest BCUT2D eigenvalue weighted by Crippen LogP contribution is 2.68. The minimum absolute atomic E-state index is 0.161. The fourth-order valence-corrected chi connectivity index (χ4v) is 2.26. The van der Waals surface area contributed by atoms with Crippen LogP contribution in [-0.2, 0) is 4.79 Å². The summed E-state index contributed by atoms with van der Waals surface area (Å²) in [5, 5.41) is 3.02. The smallest absolute Gasteiger partial charge is 0.224 e. The molecule has 1 rings (SSSR count). The Morgan fingerprint density at radius 2 is 1.64 bits per heavy atom. The van der Waals surface area contributed by atoms with Gasteiger partial charge in [-0.05, 0) is 16.7 Å². The summed E-state index contributed by atoms with van der Waals surface area (Å²) in [6.45, 7) is 13.7. The van der Waals surface area contributed by atoms with E-state index in [0.717, 1.165) is 6.54 Å². The van der Waals surface area contributed by atoms with Crippen LogP contribution in [0.1, 0.15) is 41.5 Å². The van der Waals surface area contributed by atoms with Gasteiger partial charge in [-0.25, -0.2) is 0 Å². The Bertz CT molecular complexity index is 227. The van der Waals surface area contributed by atoms with Gasteiger partial charge in [0.2, 0.25) is 5.91 Å². The Morgan fingerprint density at radius 3 is 1.93 bits per heavy atom. The summed E-state index contributed by atoms with van der Waals surface area (Å²) in [5.74, 6) is 0.950. The Morgan fingerprint density at radius 1 is 1.21 bits per heavy atom. The standard InChI is InChI=1S/C12H23NO/c1-8(2)7-13-10(14)9-11(3,4)12(9,5)6/h8-9H,7H2,1-6H3,(H,13,14). The lowest BCUT2D eigenvalue weighted by Gasteiger charge is -2.08.